The molecule has 0 aliphatic rings. The summed E-state index contributed by atoms with van der Waals surface area (Å²) in [4.78, 5) is 4.62. The molecule has 0 radical (unpaired) electrons. The number of benzene rings is 2. The maximum absolute atomic E-state index is 9.27. The second kappa shape index (κ2) is 6.87. The highest BCUT2D eigenvalue weighted by atomic mass is 32.1. The molecular weight excluding hydrogens is 266 g/mol. The van der Waals surface area contributed by atoms with Crippen molar-refractivity contribution >= 4 is 11.3 Å². The molecule has 0 saturated carbocycles. The van der Waals surface area contributed by atoms with Crippen molar-refractivity contribution in [1.29, 1.82) is 0 Å². The molecule has 0 spiro atoms. The normalized spacial score (nSPS) is 9.70. The summed E-state index contributed by atoms with van der Waals surface area (Å²) in [5.74, 6) is 0.275. The van der Waals surface area contributed by atoms with Crippen LogP contribution in [0.1, 0.15) is 13.8 Å². The summed E-state index contributed by atoms with van der Waals surface area (Å²) in [6.07, 6.45) is 0. The number of hydrogen-bond donors (Lipinski definition) is 1. The first kappa shape index (κ1) is 14.3. The number of hydrogen-bond acceptors (Lipinski definition) is 3. The van der Waals surface area contributed by atoms with Gasteiger partial charge in [0, 0.05) is 16.5 Å². The van der Waals surface area contributed by atoms with Crippen LogP contribution in [0.4, 0.5) is 0 Å². The highest BCUT2D eigenvalue weighted by molar-refractivity contribution is 7.13. The average molecular weight is 283 g/mol. The number of aromatic hydroxyl groups is 1. The Morgan fingerprint density at radius 3 is 2.15 bits per heavy atom. The van der Waals surface area contributed by atoms with Crippen LogP contribution in [0, 0.1) is 0 Å². The van der Waals surface area contributed by atoms with Crippen LogP contribution >= 0.6 is 11.3 Å². The molecule has 1 heterocycles. The van der Waals surface area contributed by atoms with Crippen molar-refractivity contribution in [1.82, 2.24) is 4.98 Å². The van der Waals surface area contributed by atoms with Crippen LogP contribution in [-0.2, 0) is 0 Å². The van der Waals surface area contributed by atoms with E-state index in [1.165, 1.54) is 0 Å². The van der Waals surface area contributed by atoms with E-state index in [1.807, 2.05) is 49.6 Å². The summed E-state index contributed by atoms with van der Waals surface area (Å²) in [5.41, 5.74) is 3.10. The Morgan fingerprint density at radius 2 is 1.50 bits per heavy atom. The van der Waals surface area contributed by atoms with E-state index in [0.29, 0.717) is 0 Å². The summed E-state index contributed by atoms with van der Waals surface area (Å²) in [6, 6.07) is 17.2. The molecule has 0 amide bonds. The van der Waals surface area contributed by atoms with Crippen molar-refractivity contribution < 1.29 is 5.11 Å². The molecule has 3 rings (SSSR count). The molecule has 0 unspecified atom stereocenters. The molecular formula is C17H17NOS. The fourth-order valence-corrected chi connectivity index (χ4v) is 2.59. The SMILES string of the molecule is CC.Oc1ccc(-c2csc(-c3ccccc3)n2)cc1. The summed E-state index contributed by atoms with van der Waals surface area (Å²) in [6.45, 7) is 4.00. The third-order valence-electron chi connectivity index (χ3n) is 2.69. The van der Waals surface area contributed by atoms with Crippen LogP contribution < -0.4 is 0 Å². The molecule has 1 N–H and O–H groups in total. The van der Waals surface area contributed by atoms with E-state index in [-0.39, 0.29) is 5.75 Å². The minimum absolute atomic E-state index is 0.275. The van der Waals surface area contributed by atoms with Crippen LogP contribution in [0.25, 0.3) is 21.8 Å². The molecule has 0 aliphatic heterocycles. The highest BCUT2D eigenvalue weighted by Gasteiger charge is 2.05. The van der Waals surface area contributed by atoms with Gasteiger partial charge in [-0.25, -0.2) is 4.98 Å². The van der Waals surface area contributed by atoms with Crippen LogP contribution in [-0.4, -0.2) is 10.1 Å². The van der Waals surface area contributed by atoms with Gasteiger partial charge in [-0.2, -0.15) is 0 Å². The van der Waals surface area contributed by atoms with Gasteiger partial charge in [0.25, 0.3) is 0 Å². The van der Waals surface area contributed by atoms with Gasteiger partial charge < -0.3 is 5.11 Å². The number of phenols is 1. The molecule has 0 atom stereocenters. The first-order valence-electron chi connectivity index (χ1n) is 6.63. The predicted molar refractivity (Wildman–Crippen MR) is 86.0 cm³/mol. The first-order chi connectivity index (χ1) is 9.83. The van der Waals surface area contributed by atoms with Crippen molar-refractivity contribution in [2.24, 2.45) is 0 Å². The quantitative estimate of drug-likeness (QED) is 0.700. The van der Waals surface area contributed by atoms with Gasteiger partial charge >= 0.3 is 0 Å². The van der Waals surface area contributed by atoms with E-state index in [1.54, 1.807) is 23.5 Å². The molecule has 0 aliphatic carbocycles. The van der Waals surface area contributed by atoms with Gasteiger partial charge in [0.1, 0.15) is 10.8 Å². The third kappa shape index (κ3) is 3.25. The topological polar surface area (TPSA) is 33.1 Å². The summed E-state index contributed by atoms with van der Waals surface area (Å²) >= 11 is 1.63. The van der Waals surface area contributed by atoms with Gasteiger partial charge in [-0.1, -0.05) is 44.2 Å². The van der Waals surface area contributed by atoms with Gasteiger partial charge in [0.05, 0.1) is 5.69 Å². The third-order valence-corrected chi connectivity index (χ3v) is 3.58. The molecule has 0 bridgehead atoms. The predicted octanol–water partition coefficient (Wildman–Crippen LogP) is 5.21. The second-order valence-corrected chi connectivity index (χ2v) is 4.81. The number of thiazole rings is 1. The van der Waals surface area contributed by atoms with Gasteiger partial charge in [-0.05, 0) is 24.3 Å². The zero-order valence-corrected chi connectivity index (χ0v) is 12.4. The zero-order chi connectivity index (χ0) is 14.4. The number of aromatic nitrogens is 1. The average Bonchev–Trinajstić information content (AvgIpc) is 3.01. The zero-order valence-electron chi connectivity index (χ0n) is 11.6. The molecule has 3 aromatic rings. The Bertz CT molecular complexity index is 644. The van der Waals surface area contributed by atoms with Crippen molar-refractivity contribution in [3.05, 3.63) is 60.0 Å². The first-order valence-corrected chi connectivity index (χ1v) is 7.51. The van der Waals surface area contributed by atoms with Gasteiger partial charge in [-0.15, -0.1) is 11.3 Å². The molecule has 2 aromatic carbocycles. The van der Waals surface area contributed by atoms with Gasteiger partial charge in [-0.3, -0.25) is 0 Å². The number of rotatable bonds is 2. The van der Waals surface area contributed by atoms with Crippen LogP contribution in [0.2, 0.25) is 0 Å². The minimum Gasteiger partial charge on any atom is -0.508 e. The lowest BCUT2D eigenvalue weighted by atomic mass is 10.1. The van der Waals surface area contributed by atoms with E-state index >= 15 is 0 Å². The lowest BCUT2D eigenvalue weighted by Gasteiger charge is -1.97. The molecule has 1 aromatic heterocycles. The Balaban J connectivity index is 0.000000704. The highest BCUT2D eigenvalue weighted by Crippen LogP contribution is 2.29. The maximum atomic E-state index is 9.27. The maximum Gasteiger partial charge on any atom is 0.124 e. The monoisotopic (exact) mass is 283 g/mol. The Morgan fingerprint density at radius 1 is 0.850 bits per heavy atom. The lowest BCUT2D eigenvalue weighted by Crippen LogP contribution is -1.78. The smallest absolute Gasteiger partial charge is 0.124 e. The van der Waals surface area contributed by atoms with E-state index in [2.05, 4.69) is 17.1 Å². The molecule has 2 nitrogen and oxygen atoms in total. The van der Waals surface area contributed by atoms with Crippen molar-refractivity contribution in [3.8, 4) is 27.6 Å². The Labute approximate surface area is 123 Å². The van der Waals surface area contributed by atoms with Crippen molar-refractivity contribution in [2.75, 3.05) is 0 Å². The minimum atomic E-state index is 0.275. The standard InChI is InChI=1S/C15H11NOS.C2H6/c17-13-8-6-11(7-9-13)14-10-18-15(16-14)12-4-2-1-3-5-12;1-2/h1-10,17H;1-2H3. The van der Waals surface area contributed by atoms with Gasteiger partial charge in [0.15, 0.2) is 0 Å². The lowest BCUT2D eigenvalue weighted by molar-refractivity contribution is 0.475. The van der Waals surface area contributed by atoms with E-state index in [9.17, 15) is 5.11 Å². The van der Waals surface area contributed by atoms with Gasteiger partial charge in [0.2, 0.25) is 0 Å². The summed E-state index contributed by atoms with van der Waals surface area (Å²) in [7, 11) is 0. The molecule has 0 saturated heterocycles. The number of phenolic OH excluding ortho intramolecular Hbond substituents is 1. The van der Waals surface area contributed by atoms with Crippen LogP contribution in [0.5, 0.6) is 5.75 Å². The van der Waals surface area contributed by atoms with E-state index < -0.39 is 0 Å². The molecule has 0 fully saturated rings. The Kier molecular flexibility index (Phi) is 4.91. The van der Waals surface area contributed by atoms with Crippen molar-refractivity contribution in [3.63, 3.8) is 0 Å². The largest absolute Gasteiger partial charge is 0.508 e. The fourth-order valence-electron chi connectivity index (χ4n) is 1.75. The molecule has 3 heteroatoms. The van der Waals surface area contributed by atoms with E-state index in [0.717, 1.165) is 21.8 Å². The summed E-state index contributed by atoms with van der Waals surface area (Å²) in [5, 5.41) is 12.3. The van der Waals surface area contributed by atoms with Crippen molar-refractivity contribution in [2.45, 2.75) is 13.8 Å². The van der Waals surface area contributed by atoms with Crippen LogP contribution in [0.15, 0.2) is 60.0 Å². The number of nitrogens with zero attached hydrogens (tertiary/aromatic N) is 1. The van der Waals surface area contributed by atoms with E-state index in [4.69, 9.17) is 0 Å². The fraction of sp³-hybridized carbons (Fsp3) is 0.118. The van der Waals surface area contributed by atoms with Crippen LogP contribution in [0.3, 0.4) is 0 Å². The molecule has 102 valence electrons. The molecule has 20 heavy (non-hydrogen) atoms. The summed E-state index contributed by atoms with van der Waals surface area (Å²) < 4.78 is 0. The Hall–Kier alpha value is -2.13. The second-order valence-electron chi connectivity index (χ2n) is 3.95.